The molecule has 1 fully saturated rings. The van der Waals surface area contributed by atoms with E-state index in [1.165, 1.54) is 12.8 Å². The van der Waals surface area contributed by atoms with Gasteiger partial charge in [0.2, 0.25) is 0 Å². The number of hydrogen-bond acceptors (Lipinski definition) is 3. The van der Waals surface area contributed by atoms with Gasteiger partial charge in [0.1, 0.15) is 0 Å². The predicted molar refractivity (Wildman–Crippen MR) is 68.8 cm³/mol. The second-order valence-corrected chi connectivity index (χ2v) is 5.15. The molecule has 17 heavy (non-hydrogen) atoms. The molecular weight excluding hydrogens is 238 g/mol. The van der Waals surface area contributed by atoms with Gasteiger partial charge in [0.25, 0.3) is 0 Å². The summed E-state index contributed by atoms with van der Waals surface area (Å²) in [5.74, 6) is 0.220. The average Bonchev–Trinajstić information content (AvgIpc) is 2.33. The van der Waals surface area contributed by atoms with Gasteiger partial charge in [-0.15, -0.1) is 0 Å². The van der Waals surface area contributed by atoms with E-state index < -0.39 is 0 Å². The number of rotatable bonds is 2. The van der Waals surface area contributed by atoms with Gasteiger partial charge in [-0.1, -0.05) is 11.6 Å². The molecule has 0 bridgehead atoms. The van der Waals surface area contributed by atoms with Crippen molar-refractivity contribution in [2.24, 2.45) is 5.92 Å². The fraction of sp³-hybridized carbons (Fsp3) is 0.538. The molecule has 94 valence electrons. The van der Waals surface area contributed by atoms with Crippen molar-refractivity contribution >= 4 is 11.6 Å². The Kier molecular flexibility index (Phi) is 3.79. The fourth-order valence-electron chi connectivity index (χ4n) is 2.43. The number of hydrogen-bond donors (Lipinski definition) is 3. The van der Waals surface area contributed by atoms with Crippen molar-refractivity contribution in [3.63, 3.8) is 0 Å². The number of phenolic OH excluding ortho intramolecular Hbond substituents is 2. The van der Waals surface area contributed by atoms with Crippen LogP contribution in [0.25, 0.3) is 0 Å². The molecule has 1 aromatic carbocycles. The van der Waals surface area contributed by atoms with Gasteiger partial charge >= 0.3 is 0 Å². The summed E-state index contributed by atoms with van der Waals surface area (Å²) in [5.41, 5.74) is 1.89. The third-order valence-electron chi connectivity index (χ3n) is 3.44. The van der Waals surface area contributed by atoms with Crippen LogP contribution in [0, 0.1) is 12.8 Å². The zero-order chi connectivity index (χ0) is 12.4. The summed E-state index contributed by atoms with van der Waals surface area (Å²) in [7, 11) is 0. The lowest BCUT2D eigenvalue weighted by Crippen LogP contribution is -2.31. The van der Waals surface area contributed by atoms with Crippen molar-refractivity contribution in [2.45, 2.75) is 26.2 Å². The predicted octanol–water partition coefficient (Wildman–Crippen LogP) is 2.60. The van der Waals surface area contributed by atoms with Crippen LogP contribution in [-0.2, 0) is 6.42 Å². The van der Waals surface area contributed by atoms with Crippen molar-refractivity contribution in [1.82, 2.24) is 5.32 Å². The van der Waals surface area contributed by atoms with Crippen molar-refractivity contribution in [3.05, 3.63) is 22.2 Å². The lowest BCUT2D eigenvalue weighted by atomic mass is 9.90. The van der Waals surface area contributed by atoms with Crippen LogP contribution >= 0.6 is 11.6 Å². The van der Waals surface area contributed by atoms with E-state index in [0.717, 1.165) is 30.6 Å². The zero-order valence-electron chi connectivity index (χ0n) is 9.96. The highest BCUT2D eigenvalue weighted by atomic mass is 35.5. The van der Waals surface area contributed by atoms with Crippen molar-refractivity contribution < 1.29 is 10.2 Å². The molecule has 0 radical (unpaired) electrons. The Hall–Kier alpha value is -0.930. The maximum atomic E-state index is 9.64. The third kappa shape index (κ3) is 2.67. The number of aryl methyl sites for hydroxylation is 1. The Labute approximate surface area is 106 Å². The van der Waals surface area contributed by atoms with Crippen LogP contribution < -0.4 is 5.32 Å². The molecule has 2 rings (SSSR count). The van der Waals surface area contributed by atoms with Gasteiger partial charge in [0, 0.05) is 0 Å². The van der Waals surface area contributed by atoms with Crippen LogP contribution in [0.3, 0.4) is 0 Å². The van der Waals surface area contributed by atoms with Gasteiger partial charge < -0.3 is 15.5 Å². The molecule has 1 atom stereocenters. The van der Waals surface area contributed by atoms with E-state index in [1.54, 1.807) is 6.07 Å². The number of nitrogens with one attached hydrogen (secondary N) is 1. The molecule has 4 heteroatoms. The average molecular weight is 256 g/mol. The highest BCUT2D eigenvalue weighted by Crippen LogP contribution is 2.39. The molecule has 0 spiro atoms. The zero-order valence-corrected chi connectivity index (χ0v) is 10.7. The van der Waals surface area contributed by atoms with Gasteiger partial charge in [-0.25, -0.2) is 0 Å². The van der Waals surface area contributed by atoms with Crippen molar-refractivity contribution in [2.75, 3.05) is 13.1 Å². The minimum absolute atomic E-state index is 0.141. The van der Waals surface area contributed by atoms with Crippen molar-refractivity contribution in [3.8, 4) is 11.5 Å². The Bertz CT molecular complexity index is 414. The smallest absolute Gasteiger partial charge is 0.176 e. The third-order valence-corrected chi connectivity index (χ3v) is 3.84. The lowest BCUT2D eigenvalue weighted by Gasteiger charge is -2.24. The first-order valence-corrected chi connectivity index (χ1v) is 6.38. The van der Waals surface area contributed by atoms with E-state index in [9.17, 15) is 10.2 Å². The molecule has 3 nitrogen and oxygen atoms in total. The summed E-state index contributed by atoms with van der Waals surface area (Å²) in [5, 5.41) is 22.8. The topological polar surface area (TPSA) is 52.5 Å². The van der Waals surface area contributed by atoms with Crippen LogP contribution in [0.4, 0.5) is 0 Å². The maximum Gasteiger partial charge on any atom is 0.176 e. The van der Waals surface area contributed by atoms with E-state index in [4.69, 9.17) is 11.6 Å². The summed E-state index contributed by atoms with van der Waals surface area (Å²) < 4.78 is 0. The molecule has 1 saturated heterocycles. The van der Waals surface area contributed by atoms with Crippen molar-refractivity contribution in [1.29, 1.82) is 0 Å². The molecule has 0 aromatic heterocycles. The Balaban J connectivity index is 2.22. The second kappa shape index (κ2) is 5.15. The number of piperidine rings is 1. The van der Waals surface area contributed by atoms with Gasteiger partial charge in [-0.2, -0.15) is 0 Å². The molecule has 1 unspecified atom stereocenters. The highest BCUT2D eigenvalue weighted by Gasteiger charge is 2.19. The van der Waals surface area contributed by atoms with E-state index >= 15 is 0 Å². The Morgan fingerprint density at radius 1 is 1.47 bits per heavy atom. The van der Waals surface area contributed by atoms with Crippen LogP contribution in [0.1, 0.15) is 24.0 Å². The first-order chi connectivity index (χ1) is 8.09. The van der Waals surface area contributed by atoms with Crippen LogP contribution in [-0.4, -0.2) is 23.3 Å². The number of halogens is 1. The molecule has 1 heterocycles. The largest absolute Gasteiger partial charge is 0.504 e. The Morgan fingerprint density at radius 3 is 2.88 bits per heavy atom. The molecular formula is C13H18ClNO2. The summed E-state index contributed by atoms with van der Waals surface area (Å²) >= 11 is 6.09. The second-order valence-electron chi connectivity index (χ2n) is 4.77. The van der Waals surface area contributed by atoms with Crippen LogP contribution in [0.5, 0.6) is 11.5 Å². The maximum absolute atomic E-state index is 9.64. The first-order valence-electron chi connectivity index (χ1n) is 6.00. The van der Waals surface area contributed by atoms with E-state index in [2.05, 4.69) is 5.32 Å². The normalized spacial score (nSPS) is 20.5. The number of aromatic hydroxyl groups is 2. The van der Waals surface area contributed by atoms with Gasteiger partial charge in [-0.05, 0) is 62.4 Å². The molecule has 0 amide bonds. The summed E-state index contributed by atoms with van der Waals surface area (Å²) in [6.45, 7) is 4.00. The standard InChI is InChI=1S/C13H18ClNO2/c1-8-5-11(16)13(17)12(14)10(8)6-9-3-2-4-15-7-9/h5,9,15-17H,2-4,6-7H2,1H3. The van der Waals surface area contributed by atoms with E-state index in [-0.39, 0.29) is 11.5 Å². The SMILES string of the molecule is Cc1cc(O)c(O)c(Cl)c1CC1CCCNC1. The summed E-state index contributed by atoms with van der Waals surface area (Å²) in [6.07, 6.45) is 3.22. The monoisotopic (exact) mass is 255 g/mol. The lowest BCUT2D eigenvalue weighted by molar-refractivity contribution is 0.373. The minimum atomic E-state index is -0.198. The highest BCUT2D eigenvalue weighted by molar-refractivity contribution is 6.33. The Morgan fingerprint density at radius 2 is 2.24 bits per heavy atom. The fourth-order valence-corrected chi connectivity index (χ4v) is 2.75. The van der Waals surface area contributed by atoms with E-state index in [1.807, 2.05) is 6.92 Å². The quantitative estimate of drug-likeness (QED) is 0.712. The van der Waals surface area contributed by atoms with Crippen LogP contribution in [0.2, 0.25) is 5.02 Å². The van der Waals surface area contributed by atoms with Crippen LogP contribution in [0.15, 0.2) is 6.07 Å². The first kappa shape index (κ1) is 12.5. The van der Waals surface area contributed by atoms with Gasteiger partial charge in [-0.3, -0.25) is 0 Å². The summed E-state index contributed by atoms with van der Waals surface area (Å²) in [4.78, 5) is 0. The minimum Gasteiger partial charge on any atom is -0.504 e. The van der Waals surface area contributed by atoms with Gasteiger partial charge in [0.15, 0.2) is 11.5 Å². The van der Waals surface area contributed by atoms with E-state index in [0.29, 0.717) is 10.9 Å². The van der Waals surface area contributed by atoms with Gasteiger partial charge in [0.05, 0.1) is 5.02 Å². The molecule has 1 aromatic rings. The molecule has 1 aliphatic rings. The molecule has 0 saturated carbocycles. The number of benzene rings is 1. The number of phenols is 2. The molecule has 3 N–H and O–H groups in total. The summed E-state index contributed by atoms with van der Waals surface area (Å²) in [6, 6.07) is 1.58. The molecule has 0 aliphatic carbocycles. The molecule has 1 aliphatic heterocycles.